The van der Waals surface area contributed by atoms with E-state index in [4.69, 9.17) is 23.1 Å². The Hall–Kier alpha value is -1.53. The van der Waals surface area contributed by atoms with E-state index in [1.807, 2.05) is 24.3 Å². The molecule has 1 aromatic heterocycles. The highest BCUT2D eigenvalue weighted by Crippen LogP contribution is 2.39. The van der Waals surface area contributed by atoms with Crippen molar-refractivity contribution in [1.82, 2.24) is 4.98 Å². The first-order valence-electron chi connectivity index (χ1n) is 6.92. The summed E-state index contributed by atoms with van der Waals surface area (Å²) in [5.74, 6) is -0.644. The molecule has 4 N–H and O–H groups in total. The molecule has 6 heteroatoms. The van der Waals surface area contributed by atoms with Crippen LogP contribution in [-0.4, -0.2) is 22.3 Å². The van der Waals surface area contributed by atoms with Gasteiger partial charge in [0.15, 0.2) is 5.78 Å². The van der Waals surface area contributed by atoms with E-state index in [9.17, 15) is 4.79 Å². The molecule has 0 aliphatic heterocycles. The minimum atomic E-state index is -1.22. The van der Waals surface area contributed by atoms with E-state index < -0.39 is 17.5 Å². The Kier molecular flexibility index (Phi) is 3.91. The second-order valence-electron chi connectivity index (χ2n) is 5.47. The van der Waals surface area contributed by atoms with Crippen molar-refractivity contribution in [3.8, 4) is 0 Å². The number of halogens is 1. The van der Waals surface area contributed by atoms with Crippen molar-refractivity contribution >= 4 is 38.9 Å². The van der Waals surface area contributed by atoms with Gasteiger partial charge < -0.3 is 11.5 Å². The molecule has 0 radical (unpaired) electrons. The fourth-order valence-electron chi connectivity index (χ4n) is 2.60. The first-order valence-corrected chi connectivity index (χ1v) is 8.12. The molecule has 114 valence electrons. The monoisotopic (exact) mass is 333 g/mol. The molecule has 0 saturated carbocycles. The van der Waals surface area contributed by atoms with Crippen LogP contribution in [0.25, 0.3) is 10.2 Å². The van der Waals surface area contributed by atoms with Gasteiger partial charge in [-0.15, -0.1) is 11.3 Å². The second-order valence-corrected chi connectivity index (χ2v) is 6.97. The van der Waals surface area contributed by atoms with Crippen LogP contribution in [0.3, 0.4) is 0 Å². The number of thiazole rings is 1. The smallest absolute Gasteiger partial charge is 0.173 e. The summed E-state index contributed by atoms with van der Waals surface area (Å²) in [7, 11) is 0. The lowest BCUT2D eigenvalue weighted by molar-refractivity contribution is -0.123. The quantitative estimate of drug-likeness (QED) is 0.904. The SMILES string of the molecule is CC(N)C(=O)C1(N)C=CC(Cl)=CC1c1nc2ccccc2s1. The third-order valence-corrected chi connectivity index (χ3v) is 5.15. The molecule has 0 bridgehead atoms. The molecular weight excluding hydrogens is 318 g/mol. The topological polar surface area (TPSA) is 82.0 Å². The fraction of sp³-hybridized carbons (Fsp3) is 0.250. The van der Waals surface area contributed by atoms with Gasteiger partial charge in [-0.25, -0.2) is 4.98 Å². The van der Waals surface area contributed by atoms with Gasteiger partial charge in [-0.1, -0.05) is 35.9 Å². The zero-order valence-electron chi connectivity index (χ0n) is 12.0. The summed E-state index contributed by atoms with van der Waals surface area (Å²) in [4.78, 5) is 17.1. The van der Waals surface area contributed by atoms with Gasteiger partial charge in [-0.3, -0.25) is 4.79 Å². The van der Waals surface area contributed by atoms with Crippen molar-refractivity contribution in [3.63, 3.8) is 0 Å². The van der Waals surface area contributed by atoms with E-state index in [1.165, 1.54) is 11.3 Å². The molecule has 2 aromatic rings. The molecular formula is C16H16ClN3OS. The molecule has 0 saturated heterocycles. The largest absolute Gasteiger partial charge is 0.322 e. The number of Topliss-reactive ketones (excluding diaryl/α,β-unsaturated/α-hetero) is 1. The normalized spacial score (nSPS) is 26.0. The van der Waals surface area contributed by atoms with Crippen molar-refractivity contribution < 1.29 is 4.79 Å². The standard InChI is InChI=1S/C16H16ClN3OS/c1-9(18)14(21)16(19)7-6-10(17)8-11(16)15-20-12-4-2-3-5-13(12)22-15/h2-9,11H,18-19H2,1H3. The number of fused-ring (bicyclic) bond motifs is 1. The minimum absolute atomic E-state index is 0.228. The lowest BCUT2D eigenvalue weighted by atomic mass is 9.76. The Morgan fingerprint density at radius 1 is 1.45 bits per heavy atom. The Balaban J connectivity index is 2.12. The predicted molar refractivity (Wildman–Crippen MR) is 91.0 cm³/mol. The highest BCUT2D eigenvalue weighted by atomic mass is 35.5. The molecule has 3 atom stereocenters. The molecule has 3 unspecified atom stereocenters. The zero-order chi connectivity index (χ0) is 15.9. The van der Waals surface area contributed by atoms with Crippen LogP contribution in [-0.2, 0) is 4.79 Å². The lowest BCUT2D eigenvalue weighted by Crippen LogP contribution is -2.56. The number of aromatic nitrogens is 1. The highest BCUT2D eigenvalue weighted by Gasteiger charge is 2.43. The Morgan fingerprint density at radius 3 is 2.86 bits per heavy atom. The number of nitrogens with zero attached hydrogens (tertiary/aromatic N) is 1. The number of carbonyl (C=O) groups excluding carboxylic acids is 1. The van der Waals surface area contributed by atoms with Crippen molar-refractivity contribution in [2.45, 2.75) is 24.4 Å². The predicted octanol–water partition coefficient (Wildman–Crippen LogP) is 2.69. The summed E-state index contributed by atoms with van der Waals surface area (Å²) >= 11 is 7.64. The zero-order valence-corrected chi connectivity index (χ0v) is 13.6. The van der Waals surface area contributed by atoms with Gasteiger partial charge in [0.2, 0.25) is 0 Å². The highest BCUT2D eigenvalue weighted by molar-refractivity contribution is 7.18. The maximum Gasteiger partial charge on any atom is 0.173 e. The first-order chi connectivity index (χ1) is 10.4. The summed E-state index contributed by atoms with van der Waals surface area (Å²) in [6.07, 6.45) is 5.06. The average Bonchev–Trinajstić information content (AvgIpc) is 2.92. The van der Waals surface area contributed by atoms with Crippen LogP contribution >= 0.6 is 22.9 Å². The lowest BCUT2D eigenvalue weighted by Gasteiger charge is -2.34. The first kappa shape index (κ1) is 15.4. The van der Waals surface area contributed by atoms with Gasteiger partial charge in [0.05, 0.1) is 22.2 Å². The number of hydrogen-bond acceptors (Lipinski definition) is 5. The van der Waals surface area contributed by atoms with Gasteiger partial charge in [-0.2, -0.15) is 0 Å². The number of para-hydroxylation sites is 1. The van der Waals surface area contributed by atoms with Crippen LogP contribution in [0, 0.1) is 0 Å². The minimum Gasteiger partial charge on any atom is -0.322 e. The van der Waals surface area contributed by atoms with Crippen molar-refractivity contribution in [2.24, 2.45) is 11.5 Å². The molecule has 0 amide bonds. The third-order valence-electron chi connectivity index (χ3n) is 3.78. The second kappa shape index (κ2) is 5.59. The van der Waals surface area contributed by atoms with Crippen molar-refractivity contribution in [1.29, 1.82) is 0 Å². The van der Waals surface area contributed by atoms with E-state index in [2.05, 4.69) is 4.98 Å². The van der Waals surface area contributed by atoms with Gasteiger partial charge in [0.1, 0.15) is 10.5 Å². The summed E-state index contributed by atoms with van der Waals surface area (Å²) in [6, 6.07) is 7.16. The summed E-state index contributed by atoms with van der Waals surface area (Å²) in [6.45, 7) is 1.64. The number of rotatable bonds is 3. The summed E-state index contributed by atoms with van der Waals surface area (Å²) < 4.78 is 1.05. The van der Waals surface area contributed by atoms with Gasteiger partial charge >= 0.3 is 0 Å². The fourth-order valence-corrected chi connectivity index (χ4v) is 3.92. The molecule has 0 fully saturated rings. The molecule has 1 aliphatic carbocycles. The van der Waals surface area contributed by atoms with Crippen LogP contribution in [0.2, 0.25) is 0 Å². The Morgan fingerprint density at radius 2 is 2.18 bits per heavy atom. The van der Waals surface area contributed by atoms with E-state index in [0.717, 1.165) is 15.2 Å². The van der Waals surface area contributed by atoms with Gasteiger partial charge in [0.25, 0.3) is 0 Å². The number of benzene rings is 1. The summed E-state index contributed by atoms with van der Waals surface area (Å²) in [5, 5.41) is 1.31. The molecule has 1 aromatic carbocycles. The third kappa shape index (κ3) is 2.50. The number of ketones is 1. The van der Waals surface area contributed by atoms with Crippen molar-refractivity contribution in [3.05, 3.63) is 52.5 Å². The maximum atomic E-state index is 12.5. The van der Waals surface area contributed by atoms with Crippen LogP contribution < -0.4 is 11.5 Å². The van der Waals surface area contributed by atoms with Crippen LogP contribution in [0.15, 0.2) is 47.5 Å². The molecule has 22 heavy (non-hydrogen) atoms. The molecule has 1 aliphatic rings. The molecule has 1 heterocycles. The number of hydrogen-bond donors (Lipinski definition) is 2. The van der Waals surface area contributed by atoms with E-state index in [-0.39, 0.29) is 5.78 Å². The van der Waals surface area contributed by atoms with E-state index in [1.54, 1.807) is 25.2 Å². The van der Waals surface area contributed by atoms with Crippen LogP contribution in [0.4, 0.5) is 0 Å². The van der Waals surface area contributed by atoms with Gasteiger partial charge in [0, 0.05) is 5.03 Å². The van der Waals surface area contributed by atoms with Gasteiger partial charge in [-0.05, 0) is 25.1 Å². The molecule has 3 rings (SSSR count). The van der Waals surface area contributed by atoms with E-state index in [0.29, 0.717) is 5.03 Å². The Labute approximate surface area is 137 Å². The number of allylic oxidation sites excluding steroid dienone is 2. The molecule has 0 spiro atoms. The molecule has 4 nitrogen and oxygen atoms in total. The van der Waals surface area contributed by atoms with Crippen LogP contribution in [0.1, 0.15) is 17.8 Å². The summed E-state index contributed by atoms with van der Waals surface area (Å²) in [5.41, 5.74) is 11.8. The van der Waals surface area contributed by atoms with Crippen LogP contribution in [0.5, 0.6) is 0 Å². The Bertz CT molecular complexity index is 763. The maximum absolute atomic E-state index is 12.5. The number of carbonyl (C=O) groups is 1. The van der Waals surface area contributed by atoms with E-state index >= 15 is 0 Å². The number of nitrogens with two attached hydrogens (primary N) is 2. The van der Waals surface area contributed by atoms with Crippen molar-refractivity contribution in [2.75, 3.05) is 0 Å². The average molecular weight is 334 g/mol.